The molecule has 0 aliphatic carbocycles. The third kappa shape index (κ3) is 2.41. The van der Waals surface area contributed by atoms with Crippen molar-refractivity contribution in [1.82, 2.24) is 4.90 Å². The van der Waals surface area contributed by atoms with Gasteiger partial charge in [0.05, 0.1) is 12.8 Å². The maximum Gasteiger partial charge on any atom is 0.118 e. The quantitative estimate of drug-likeness (QED) is 0.825. The van der Waals surface area contributed by atoms with E-state index in [1.54, 1.807) is 6.26 Å². The minimum Gasteiger partial charge on any atom is -0.468 e. The number of rotatable bonds is 3. The van der Waals surface area contributed by atoms with Crippen LogP contribution in [-0.2, 0) is 13.1 Å². The Labute approximate surface area is 91.2 Å². The number of hydrogen-bond donors (Lipinski definition) is 1. The summed E-state index contributed by atoms with van der Waals surface area (Å²) in [5.41, 5.74) is 6.63. The van der Waals surface area contributed by atoms with E-state index >= 15 is 0 Å². The van der Waals surface area contributed by atoms with Crippen molar-refractivity contribution in [3.8, 4) is 0 Å². The van der Waals surface area contributed by atoms with Crippen LogP contribution in [-0.4, -0.2) is 17.5 Å². The second-order valence-corrected chi connectivity index (χ2v) is 4.74. The molecule has 1 aromatic rings. The maximum absolute atomic E-state index is 5.55. The first-order valence-corrected chi connectivity index (χ1v) is 5.69. The van der Waals surface area contributed by atoms with E-state index in [-0.39, 0.29) is 0 Å². The summed E-state index contributed by atoms with van der Waals surface area (Å²) < 4.78 is 5.48. The molecule has 2 heterocycles. The van der Waals surface area contributed by atoms with Gasteiger partial charge in [-0.05, 0) is 25.3 Å². The van der Waals surface area contributed by atoms with Crippen molar-refractivity contribution in [3.63, 3.8) is 0 Å². The third-order valence-electron chi connectivity index (χ3n) is 3.22. The average Bonchev–Trinajstić information content (AvgIpc) is 2.75. The van der Waals surface area contributed by atoms with Crippen molar-refractivity contribution in [1.29, 1.82) is 0 Å². The van der Waals surface area contributed by atoms with E-state index in [2.05, 4.69) is 24.8 Å². The molecule has 0 aromatic carbocycles. The summed E-state index contributed by atoms with van der Waals surface area (Å²) in [5, 5.41) is 0. The molecular weight excluding hydrogens is 188 g/mol. The van der Waals surface area contributed by atoms with Gasteiger partial charge in [-0.25, -0.2) is 0 Å². The van der Waals surface area contributed by atoms with Crippen molar-refractivity contribution >= 4 is 0 Å². The highest BCUT2D eigenvalue weighted by atomic mass is 16.3. The summed E-state index contributed by atoms with van der Waals surface area (Å²) in [6.07, 6.45) is 3.06. The van der Waals surface area contributed by atoms with Gasteiger partial charge in [-0.15, -0.1) is 0 Å². The van der Waals surface area contributed by atoms with Crippen molar-refractivity contribution in [2.24, 2.45) is 11.7 Å². The van der Waals surface area contributed by atoms with Crippen LogP contribution in [0.25, 0.3) is 0 Å². The van der Waals surface area contributed by atoms with E-state index < -0.39 is 0 Å². The predicted octanol–water partition coefficient (Wildman–Crippen LogP) is 1.97. The first-order valence-electron chi connectivity index (χ1n) is 5.69. The molecule has 0 amide bonds. The second kappa shape index (κ2) is 4.37. The van der Waals surface area contributed by atoms with Gasteiger partial charge >= 0.3 is 0 Å². The SMILES string of the molecule is CC1CC(C)N(Cc2cc(CN)co2)C1. The Morgan fingerprint density at radius 3 is 2.87 bits per heavy atom. The van der Waals surface area contributed by atoms with Gasteiger partial charge in [0.15, 0.2) is 0 Å². The molecular formula is C12H20N2O. The van der Waals surface area contributed by atoms with E-state index in [4.69, 9.17) is 10.2 Å². The first-order chi connectivity index (χ1) is 7.19. The molecule has 84 valence electrons. The van der Waals surface area contributed by atoms with Crippen molar-refractivity contribution < 1.29 is 4.42 Å². The van der Waals surface area contributed by atoms with Gasteiger partial charge in [-0.3, -0.25) is 4.90 Å². The smallest absolute Gasteiger partial charge is 0.118 e. The van der Waals surface area contributed by atoms with Gasteiger partial charge in [-0.2, -0.15) is 0 Å². The summed E-state index contributed by atoms with van der Waals surface area (Å²) in [6, 6.07) is 2.74. The number of likely N-dealkylation sites (tertiary alicyclic amines) is 1. The van der Waals surface area contributed by atoms with Gasteiger partial charge in [-0.1, -0.05) is 6.92 Å². The molecule has 1 aliphatic heterocycles. The topological polar surface area (TPSA) is 42.4 Å². The molecule has 0 radical (unpaired) electrons. The van der Waals surface area contributed by atoms with Gasteiger partial charge < -0.3 is 10.2 Å². The average molecular weight is 208 g/mol. The number of furan rings is 1. The van der Waals surface area contributed by atoms with Gasteiger partial charge in [0.25, 0.3) is 0 Å². The van der Waals surface area contributed by atoms with Crippen LogP contribution in [0.5, 0.6) is 0 Å². The molecule has 0 bridgehead atoms. The van der Waals surface area contributed by atoms with E-state index in [0.717, 1.165) is 23.8 Å². The zero-order valence-corrected chi connectivity index (χ0v) is 9.57. The summed E-state index contributed by atoms with van der Waals surface area (Å²) in [5.74, 6) is 1.85. The van der Waals surface area contributed by atoms with Gasteiger partial charge in [0, 0.05) is 24.7 Å². The Morgan fingerprint density at radius 1 is 1.53 bits per heavy atom. The van der Waals surface area contributed by atoms with E-state index in [1.807, 2.05) is 0 Å². The predicted molar refractivity (Wildman–Crippen MR) is 60.3 cm³/mol. The van der Waals surface area contributed by atoms with E-state index in [0.29, 0.717) is 12.6 Å². The summed E-state index contributed by atoms with van der Waals surface area (Å²) >= 11 is 0. The highest BCUT2D eigenvalue weighted by Crippen LogP contribution is 2.24. The lowest BCUT2D eigenvalue weighted by Crippen LogP contribution is -2.26. The minimum atomic E-state index is 0.565. The number of nitrogens with two attached hydrogens (primary N) is 1. The molecule has 1 aromatic heterocycles. The van der Waals surface area contributed by atoms with Crippen LogP contribution in [0.4, 0.5) is 0 Å². The Balaban J connectivity index is 1.96. The lowest BCUT2D eigenvalue weighted by molar-refractivity contribution is 0.235. The van der Waals surface area contributed by atoms with Crippen LogP contribution in [0, 0.1) is 5.92 Å². The maximum atomic E-state index is 5.55. The number of hydrogen-bond acceptors (Lipinski definition) is 3. The highest BCUT2D eigenvalue weighted by Gasteiger charge is 2.26. The molecule has 3 heteroatoms. The molecule has 1 aliphatic rings. The van der Waals surface area contributed by atoms with Crippen LogP contribution in [0.2, 0.25) is 0 Å². The molecule has 1 fully saturated rings. The molecule has 2 atom stereocenters. The molecule has 3 nitrogen and oxygen atoms in total. The Hall–Kier alpha value is -0.800. The summed E-state index contributed by atoms with van der Waals surface area (Å²) in [6.45, 7) is 7.26. The summed E-state index contributed by atoms with van der Waals surface area (Å²) in [4.78, 5) is 2.48. The van der Waals surface area contributed by atoms with Crippen molar-refractivity contribution in [3.05, 3.63) is 23.7 Å². The van der Waals surface area contributed by atoms with Crippen molar-refractivity contribution in [2.45, 2.75) is 39.4 Å². The normalized spacial score (nSPS) is 27.4. The monoisotopic (exact) mass is 208 g/mol. The van der Waals surface area contributed by atoms with Crippen LogP contribution < -0.4 is 5.73 Å². The van der Waals surface area contributed by atoms with Crippen molar-refractivity contribution in [2.75, 3.05) is 6.54 Å². The summed E-state index contributed by atoms with van der Waals surface area (Å²) in [7, 11) is 0. The molecule has 2 unspecified atom stereocenters. The third-order valence-corrected chi connectivity index (χ3v) is 3.22. The standard InChI is InChI=1S/C12H20N2O/c1-9-3-10(2)14(6-9)7-12-4-11(5-13)8-15-12/h4,8-10H,3,5-7,13H2,1-2H3. The Morgan fingerprint density at radius 2 is 2.33 bits per heavy atom. The fraction of sp³-hybridized carbons (Fsp3) is 0.667. The largest absolute Gasteiger partial charge is 0.468 e. The fourth-order valence-corrected chi connectivity index (χ4v) is 2.42. The molecule has 2 N–H and O–H groups in total. The van der Waals surface area contributed by atoms with Gasteiger partial charge in [0.1, 0.15) is 5.76 Å². The Bertz CT molecular complexity index is 321. The molecule has 0 saturated carbocycles. The number of nitrogens with zero attached hydrogens (tertiary/aromatic N) is 1. The van der Waals surface area contributed by atoms with Crippen LogP contribution in [0.3, 0.4) is 0 Å². The zero-order valence-electron chi connectivity index (χ0n) is 9.57. The van der Waals surface area contributed by atoms with Crippen LogP contribution in [0.1, 0.15) is 31.6 Å². The molecule has 2 rings (SSSR count). The molecule has 0 spiro atoms. The lowest BCUT2D eigenvalue weighted by atomic mass is 10.1. The highest BCUT2D eigenvalue weighted by molar-refractivity contribution is 5.12. The van der Waals surface area contributed by atoms with Gasteiger partial charge in [0.2, 0.25) is 0 Å². The molecule has 15 heavy (non-hydrogen) atoms. The van der Waals surface area contributed by atoms with Crippen LogP contribution in [0.15, 0.2) is 16.7 Å². The lowest BCUT2D eigenvalue weighted by Gasteiger charge is -2.19. The zero-order chi connectivity index (χ0) is 10.8. The van der Waals surface area contributed by atoms with E-state index in [9.17, 15) is 0 Å². The fourth-order valence-electron chi connectivity index (χ4n) is 2.42. The van der Waals surface area contributed by atoms with Crippen LogP contribution >= 0.6 is 0 Å². The minimum absolute atomic E-state index is 0.565. The van der Waals surface area contributed by atoms with E-state index in [1.165, 1.54) is 13.0 Å². The Kier molecular flexibility index (Phi) is 3.12. The second-order valence-electron chi connectivity index (χ2n) is 4.74. The molecule has 1 saturated heterocycles. The first kappa shape index (κ1) is 10.7.